The van der Waals surface area contributed by atoms with Gasteiger partial charge >= 0.3 is 0 Å². The number of aromatic nitrogens is 2. The number of carbonyl (C=O) groups is 1. The first-order valence-corrected chi connectivity index (χ1v) is 8.11. The second-order valence-corrected chi connectivity index (χ2v) is 6.52. The van der Waals surface area contributed by atoms with E-state index in [0.29, 0.717) is 25.4 Å². The number of rotatable bonds is 1. The van der Waals surface area contributed by atoms with Crippen LogP contribution in [0.15, 0.2) is 30.3 Å². The summed E-state index contributed by atoms with van der Waals surface area (Å²) in [5.41, 5.74) is 3.77. The van der Waals surface area contributed by atoms with E-state index in [1.165, 1.54) is 11.1 Å². The number of hydrogen-bond acceptors (Lipinski definition) is 3. The Labute approximate surface area is 135 Å². The van der Waals surface area contributed by atoms with Crippen molar-refractivity contribution in [1.29, 1.82) is 0 Å². The molecular formula is C18H21N3O2. The van der Waals surface area contributed by atoms with Gasteiger partial charge in [0.15, 0.2) is 0 Å². The third-order valence-electron chi connectivity index (χ3n) is 5.00. The second kappa shape index (κ2) is 5.20. The molecule has 1 amide bonds. The number of morpholine rings is 1. The number of nitrogens with zero attached hydrogens (tertiary/aromatic N) is 3. The third-order valence-corrected chi connectivity index (χ3v) is 5.00. The monoisotopic (exact) mass is 311 g/mol. The van der Waals surface area contributed by atoms with Gasteiger partial charge in [-0.2, -0.15) is 5.10 Å². The van der Waals surface area contributed by atoms with E-state index in [4.69, 9.17) is 4.74 Å². The van der Waals surface area contributed by atoms with Crippen LogP contribution in [0, 0.1) is 6.92 Å². The van der Waals surface area contributed by atoms with Crippen molar-refractivity contribution < 1.29 is 9.53 Å². The lowest BCUT2D eigenvalue weighted by Crippen LogP contribution is -2.51. The molecule has 1 aromatic heterocycles. The summed E-state index contributed by atoms with van der Waals surface area (Å²) in [7, 11) is 1.82. The van der Waals surface area contributed by atoms with Crippen molar-refractivity contribution in [3.63, 3.8) is 0 Å². The van der Waals surface area contributed by atoms with E-state index in [0.717, 1.165) is 18.5 Å². The highest BCUT2D eigenvalue weighted by Crippen LogP contribution is 2.42. The molecule has 1 unspecified atom stereocenters. The standard InChI is InChI=1S/C18H21N3O2/c1-13-11-16(20(2)19-13)17(22)21-9-10-23-18(12-21)8-7-14-5-3-4-6-15(14)18/h3-6,11H,7-10,12H2,1-2H3. The molecule has 0 radical (unpaired) electrons. The Morgan fingerprint density at radius 1 is 1.35 bits per heavy atom. The van der Waals surface area contributed by atoms with E-state index in [9.17, 15) is 4.79 Å². The molecule has 4 rings (SSSR count). The Morgan fingerprint density at radius 2 is 2.17 bits per heavy atom. The summed E-state index contributed by atoms with van der Waals surface area (Å²) >= 11 is 0. The van der Waals surface area contributed by atoms with Gasteiger partial charge in [0, 0.05) is 13.6 Å². The molecule has 2 aromatic rings. The third kappa shape index (κ3) is 2.27. The predicted molar refractivity (Wildman–Crippen MR) is 86.2 cm³/mol. The van der Waals surface area contributed by atoms with Gasteiger partial charge in [-0.3, -0.25) is 9.48 Å². The van der Waals surface area contributed by atoms with Crippen LogP contribution in [-0.2, 0) is 23.8 Å². The fourth-order valence-electron chi connectivity index (χ4n) is 3.90. The second-order valence-electron chi connectivity index (χ2n) is 6.52. The molecule has 0 saturated carbocycles. The Morgan fingerprint density at radius 3 is 2.96 bits per heavy atom. The lowest BCUT2D eigenvalue weighted by molar-refractivity contribution is -0.104. The number of benzene rings is 1. The number of amides is 1. The van der Waals surface area contributed by atoms with Crippen molar-refractivity contribution in [2.24, 2.45) is 7.05 Å². The van der Waals surface area contributed by atoms with Crippen molar-refractivity contribution >= 4 is 5.91 Å². The maximum absolute atomic E-state index is 12.9. The average molecular weight is 311 g/mol. The fraction of sp³-hybridized carbons (Fsp3) is 0.444. The van der Waals surface area contributed by atoms with E-state index in [2.05, 4.69) is 29.4 Å². The summed E-state index contributed by atoms with van der Waals surface area (Å²) in [6.07, 6.45) is 1.96. The maximum Gasteiger partial charge on any atom is 0.272 e. The molecular weight excluding hydrogens is 290 g/mol. The molecule has 1 aliphatic heterocycles. The Balaban J connectivity index is 1.63. The zero-order valence-corrected chi connectivity index (χ0v) is 13.6. The van der Waals surface area contributed by atoms with E-state index < -0.39 is 0 Å². The first-order chi connectivity index (χ1) is 11.1. The van der Waals surface area contributed by atoms with Crippen LogP contribution in [0.2, 0.25) is 0 Å². The summed E-state index contributed by atoms with van der Waals surface area (Å²) in [6, 6.07) is 10.3. The number of fused-ring (bicyclic) bond motifs is 2. The Hall–Kier alpha value is -2.14. The summed E-state index contributed by atoms with van der Waals surface area (Å²) < 4.78 is 7.86. The van der Waals surface area contributed by atoms with E-state index in [1.54, 1.807) is 4.68 Å². The van der Waals surface area contributed by atoms with Gasteiger partial charge in [0.05, 0.1) is 18.8 Å². The van der Waals surface area contributed by atoms with Crippen molar-refractivity contribution in [3.05, 3.63) is 52.8 Å². The molecule has 1 spiro atoms. The highest BCUT2D eigenvalue weighted by molar-refractivity contribution is 5.92. The minimum absolute atomic E-state index is 0.0418. The molecule has 23 heavy (non-hydrogen) atoms. The lowest BCUT2D eigenvalue weighted by atomic mass is 9.93. The number of aryl methyl sites for hydroxylation is 3. The molecule has 2 aliphatic rings. The van der Waals surface area contributed by atoms with E-state index >= 15 is 0 Å². The Bertz CT molecular complexity index is 763. The van der Waals surface area contributed by atoms with Gasteiger partial charge in [-0.25, -0.2) is 0 Å². The molecule has 0 bridgehead atoms. The van der Waals surface area contributed by atoms with Gasteiger partial charge in [-0.05, 0) is 37.0 Å². The van der Waals surface area contributed by atoms with Crippen molar-refractivity contribution in [1.82, 2.24) is 14.7 Å². The van der Waals surface area contributed by atoms with Gasteiger partial charge in [0.1, 0.15) is 11.3 Å². The van der Waals surface area contributed by atoms with Crippen LogP contribution in [-0.4, -0.2) is 40.3 Å². The van der Waals surface area contributed by atoms with Crippen molar-refractivity contribution in [3.8, 4) is 0 Å². The largest absolute Gasteiger partial charge is 0.367 e. The fourth-order valence-corrected chi connectivity index (χ4v) is 3.90. The maximum atomic E-state index is 12.9. The highest BCUT2D eigenvalue weighted by Gasteiger charge is 2.44. The molecule has 1 aliphatic carbocycles. The minimum Gasteiger partial charge on any atom is -0.367 e. The SMILES string of the molecule is Cc1cc(C(=O)N2CCOC3(CCc4ccccc43)C2)n(C)n1. The molecule has 120 valence electrons. The summed E-state index contributed by atoms with van der Waals surface area (Å²) in [4.78, 5) is 14.8. The van der Waals surface area contributed by atoms with Crippen molar-refractivity contribution in [2.75, 3.05) is 19.7 Å². The number of hydrogen-bond donors (Lipinski definition) is 0. The summed E-state index contributed by atoms with van der Waals surface area (Å²) in [6.45, 7) is 3.74. The first kappa shape index (κ1) is 14.5. The van der Waals surface area contributed by atoms with Crippen LogP contribution in [0.25, 0.3) is 0 Å². The van der Waals surface area contributed by atoms with Gasteiger partial charge < -0.3 is 9.64 Å². The van der Waals surface area contributed by atoms with Crippen LogP contribution in [0.5, 0.6) is 0 Å². The van der Waals surface area contributed by atoms with E-state index in [-0.39, 0.29) is 11.5 Å². The molecule has 5 heteroatoms. The van der Waals surface area contributed by atoms with Crippen molar-refractivity contribution in [2.45, 2.75) is 25.4 Å². The predicted octanol–water partition coefficient (Wildman–Crippen LogP) is 2.04. The molecule has 2 heterocycles. The van der Waals surface area contributed by atoms with Gasteiger partial charge in [0.25, 0.3) is 5.91 Å². The molecule has 1 saturated heterocycles. The first-order valence-electron chi connectivity index (χ1n) is 8.11. The quantitative estimate of drug-likeness (QED) is 0.810. The van der Waals surface area contributed by atoms with Gasteiger partial charge in [0.2, 0.25) is 0 Å². The van der Waals surface area contributed by atoms with E-state index in [1.807, 2.05) is 24.9 Å². The summed E-state index contributed by atoms with van der Waals surface area (Å²) in [5, 5.41) is 4.29. The average Bonchev–Trinajstić information content (AvgIpc) is 3.08. The molecule has 1 atom stereocenters. The zero-order chi connectivity index (χ0) is 16.0. The smallest absolute Gasteiger partial charge is 0.272 e. The zero-order valence-electron chi connectivity index (χ0n) is 13.6. The molecule has 1 aromatic carbocycles. The molecule has 0 N–H and O–H groups in total. The number of ether oxygens (including phenoxy) is 1. The molecule has 1 fully saturated rings. The van der Waals surface area contributed by atoms with Gasteiger partial charge in [-0.15, -0.1) is 0 Å². The normalized spacial score (nSPS) is 23.3. The highest BCUT2D eigenvalue weighted by atomic mass is 16.5. The lowest BCUT2D eigenvalue weighted by Gasteiger charge is -2.41. The minimum atomic E-state index is -0.335. The van der Waals surface area contributed by atoms with Crippen LogP contribution in [0.4, 0.5) is 0 Å². The van der Waals surface area contributed by atoms with Crippen LogP contribution in [0.3, 0.4) is 0 Å². The van der Waals surface area contributed by atoms with Crippen LogP contribution < -0.4 is 0 Å². The van der Waals surface area contributed by atoms with Gasteiger partial charge in [-0.1, -0.05) is 24.3 Å². The summed E-state index contributed by atoms with van der Waals surface area (Å²) in [5.74, 6) is 0.0418. The number of carbonyl (C=O) groups excluding carboxylic acids is 1. The molecule has 5 nitrogen and oxygen atoms in total. The van der Waals surface area contributed by atoms with Crippen LogP contribution >= 0.6 is 0 Å². The topological polar surface area (TPSA) is 47.4 Å². The van der Waals surface area contributed by atoms with Crippen LogP contribution in [0.1, 0.15) is 33.7 Å². The Kier molecular flexibility index (Phi) is 3.27.